The molecule has 0 atom stereocenters. The van der Waals surface area contributed by atoms with Gasteiger partial charge < -0.3 is 10.9 Å². The summed E-state index contributed by atoms with van der Waals surface area (Å²) in [4.78, 5) is 0. The molecule has 0 bridgehead atoms. The van der Waals surface area contributed by atoms with Crippen LogP contribution in [0, 0.1) is 13.0 Å². The third-order valence-corrected chi connectivity index (χ3v) is 1.31. The Bertz CT molecular complexity index is 206. The fourth-order valence-corrected chi connectivity index (χ4v) is 0.703. The van der Waals surface area contributed by atoms with Gasteiger partial charge in [0, 0.05) is 0 Å². The van der Waals surface area contributed by atoms with Crippen LogP contribution in [0.15, 0.2) is 18.2 Å². The van der Waals surface area contributed by atoms with Gasteiger partial charge in [0.1, 0.15) is 0 Å². The Labute approximate surface area is 79.2 Å². The summed E-state index contributed by atoms with van der Waals surface area (Å²) in [6.45, 7) is 2.00. The predicted octanol–water partition coefficient (Wildman–Crippen LogP) is 2.20. The number of nitrogens with zero attached hydrogens (tertiary/aromatic N) is 1. The van der Waals surface area contributed by atoms with Gasteiger partial charge in [0.2, 0.25) is 0 Å². The number of aryl methyl sites for hydroxylation is 1. The van der Waals surface area contributed by atoms with Gasteiger partial charge in [0.05, 0.1) is 0 Å². The van der Waals surface area contributed by atoms with Crippen molar-refractivity contribution >= 4 is 5.69 Å². The molecule has 0 saturated heterocycles. The second kappa shape index (κ2) is 4.44. The molecular weight excluding hydrogens is 175 g/mol. The molecule has 11 heavy (non-hydrogen) atoms. The predicted molar refractivity (Wildman–Crippen MR) is 42.7 cm³/mol. The molecule has 57 valence electrons. The monoisotopic (exact) mass is 185 g/mol. The molecule has 3 heteroatoms. The van der Waals surface area contributed by atoms with Gasteiger partial charge >= 0.3 is 18.6 Å². The molecule has 0 heterocycles. The Morgan fingerprint density at radius 3 is 2.45 bits per heavy atom. The van der Waals surface area contributed by atoms with Crippen molar-refractivity contribution in [3.8, 4) is 0 Å². The molecule has 2 nitrogen and oxygen atoms in total. The number of hydrogen-bond donors (Lipinski definition) is 0. The van der Waals surface area contributed by atoms with Crippen LogP contribution in [0.2, 0.25) is 0 Å². The molecule has 0 aliphatic heterocycles. The van der Waals surface area contributed by atoms with E-state index in [2.05, 4.69) is 6.07 Å². The SMILES string of the molecule is Cc1c[c-]c(N(C)[NH-])cc1.[V+2]. The largest absolute Gasteiger partial charge is 2.00 e. The van der Waals surface area contributed by atoms with Crippen LogP contribution in [0.1, 0.15) is 5.56 Å². The molecule has 0 aromatic heterocycles. The summed E-state index contributed by atoms with van der Waals surface area (Å²) in [5.41, 5.74) is 1.97. The Hall–Kier alpha value is -0.436. The first-order valence-electron chi connectivity index (χ1n) is 3.13. The van der Waals surface area contributed by atoms with Crippen molar-refractivity contribution in [1.82, 2.24) is 0 Å². The molecule has 0 fully saturated rings. The quantitative estimate of drug-likeness (QED) is 0.486. The first-order valence-corrected chi connectivity index (χ1v) is 3.13. The first-order chi connectivity index (χ1) is 4.70. The Balaban J connectivity index is 0.000001000. The standard InChI is InChI=1S/C8H10N2.V/c1-7-3-5-8(6-4-7)10(2)9;/h3-5,9H,1-2H3;/q-2;+2. The summed E-state index contributed by atoms with van der Waals surface area (Å²) in [5, 5.41) is 1.29. The van der Waals surface area contributed by atoms with E-state index in [0.29, 0.717) is 0 Å². The summed E-state index contributed by atoms with van der Waals surface area (Å²) in [5.74, 6) is 7.19. The second-order valence-electron chi connectivity index (χ2n) is 2.31. The zero-order valence-electron chi connectivity index (χ0n) is 6.63. The third-order valence-electron chi connectivity index (χ3n) is 1.31. The van der Waals surface area contributed by atoms with E-state index in [9.17, 15) is 0 Å². The van der Waals surface area contributed by atoms with Crippen molar-refractivity contribution in [2.24, 2.45) is 0 Å². The molecule has 1 aromatic carbocycles. The van der Waals surface area contributed by atoms with Gasteiger partial charge in [-0.15, -0.1) is 6.07 Å². The number of hydrogen-bond acceptors (Lipinski definition) is 1. The smallest absolute Gasteiger partial charge is 0.585 e. The van der Waals surface area contributed by atoms with Crippen LogP contribution in [0.5, 0.6) is 0 Å². The van der Waals surface area contributed by atoms with Gasteiger partial charge in [0.15, 0.2) is 0 Å². The summed E-state index contributed by atoms with van der Waals surface area (Å²) < 4.78 is 0. The molecule has 0 saturated carbocycles. The van der Waals surface area contributed by atoms with E-state index in [1.54, 1.807) is 7.05 Å². The summed E-state index contributed by atoms with van der Waals surface area (Å²) in [6, 6.07) is 8.70. The Morgan fingerprint density at radius 2 is 2.09 bits per heavy atom. The van der Waals surface area contributed by atoms with E-state index in [1.165, 1.54) is 10.6 Å². The van der Waals surface area contributed by atoms with E-state index in [-0.39, 0.29) is 18.6 Å². The van der Waals surface area contributed by atoms with Crippen molar-refractivity contribution in [2.75, 3.05) is 12.1 Å². The van der Waals surface area contributed by atoms with Crippen LogP contribution in [0.4, 0.5) is 5.69 Å². The minimum Gasteiger partial charge on any atom is -0.585 e. The maximum absolute atomic E-state index is 7.19. The van der Waals surface area contributed by atoms with Gasteiger partial charge in [0.25, 0.3) is 0 Å². The van der Waals surface area contributed by atoms with Gasteiger partial charge in [-0.05, 0) is 7.05 Å². The van der Waals surface area contributed by atoms with Gasteiger partial charge in [-0.1, -0.05) is 12.6 Å². The number of benzene rings is 1. The van der Waals surface area contributed by atoms with Crippen LogP contribution in [0.3, 0.4) is 0 Å². The van der Waals surface area contributed by atoms with Crippen molar-refractivity contribution in [3.05, 3.63) is 35.7 Å². The molecule has 1 N–H and O–H groups in total. The fraction of sp³-hybridized carbons (Fsp3) is 0.250. The fourth-order valence-electron chi connectivity index (χ4n) is 0.703. The van der Waals surface area contributed by atoms with Crippen molar-refractivity contribution in [2.45, 2.75) is 6.92 Å². The molecule has 1 rings (SSSR count). The summed E-state index contributed by atoms with van der Waals surface area (Å²) >= 11 is 0. The van der Waals surface area contributed by atoms with Gasteiger partial charge in [-0.25, -0.2) is 0 Å². The van der Waals surface area contributed by atoms with E-state index >= 15 is 0 Å². The van der Waals surface area contributed by atoms with Crippen molar-refractivity contribution < 1.29 is 18.6 Å². The average molecular weight is 185 g/mol. The zero-order chi connectivity index (χ0) is 7.56. The molecule has 0 amide bonds. The molecule has 0 aliphatic rings. The van der Waals surface area contributed by atoms with Crippen LogP contribution >= 0.6 is 0 Å². The number of nitrogens with one attached hydrogen (secondary N) is 1. The van der Waals surface area contributed by atoms with Crippen molar-refractivity contribution in [1.29, 1.82) is 0 Å². The first kappa shape index (κ1) is 10.6. The van der Waals surface area contributed by atoms with Crippen LogP contribution in [-0.2, 0) is 18.6 Å². The summed E-state index contributed by atoms with van der Waals surface area (Å²) in [7, 11) is 1.68. The molecule has 0 aliphatic carbocycles. The molecule has 1 aromatic rings. The van der Waals surface area contributed by atoms with Crippen LogP contribution < -0.4 is 5.01 Å². The molecule has 0 spiro atoms. The van der Waals surface area contributed by atoms with Crippen LogP contribution in [0.25, 0.3) is 5.84 Å². The Kier molecular flexibility index (Phi) is 4.27. The topological polar surface area (TPSA) is 27.0 Å². The summed E-state index contributed by atoms with van der Waals surface area (Å²) in [6.07, 6.45) is 0. The normalized spacial score (nSPS) is 8.64. The Morgan fingerprint density at radius 1 is 1.45 bits per heavy atom. The average Bonchev–Trinajstić information content (AvgIpc) is 1.88. The third kappa shape index (κ3) is 2.97. The van der Waals surface area contributed by atoms with Gasteiger partial charge in [-0.2, -0.15) is 23.8 Å². The second-order valence-corrected chi connectivity index (χ2v) is 2.31. The molecular formula is C8H10N2V. The number of rotatable bonds is 1. The minimum atomic E-state index is 0. The molecule has 1 radical (unpaired) electrons. The zero-order valence-corrected chi connectivity index (χ0v) is 8.02. The minimum absolute atomic E-state index is 0. The van der Waals surface area contributed by atoms with E-state index in [1.807, 2.05) is 25.1 Å². The van der Waals surface area contributed by atoms with E-state index < -0.39 is 0 Å². The van der Waals surface area contributed by atoms with E-state index in [0.717, 1.165) is 5.69 Å². The van der Waals surface area contributed by atoms with Crippen molar-refractivity contribution in [3.63, 3.8) is 0 Å². The van der Waals surface area contributed by atoms with Crippen LogP contribution in [-0.4, -0.2) is 7.05 Å². The molecule has 0 unspecified atom stereocenters. The maximum Gasteiger partial charge on any atom is 2.00 e. The maximum atomic E-state index is 7.19. The van der Waals surface area contributed by atoms with E-state index in [4.69, 9.17) is 5.84 Å². The number of anilines is 1. The van der Waals surface area contributed by atoms with Gasteiger partial charge in [-0.3, -0.25) is 0 Å².